The Hall–Kier alpha value is -2.56. The first-order valence-electron chi connectivity index (χ1n) is 8.74. The molecular weight excluding hydrogens is 316 g/mol. The molecule has 0 saturated heterocycles. The normalized spacial score (nSPS) is 13.7. The number of nitrogens with one attached hydrogen (secondary N) is 2. The first-order valence-corrected chi connectivity index (χ1v) is 8.74. The van der Waals surface area contributed by atoms with Crippen LogP contribution in [0.3, 0.4) is 0 Å². The zero-order valence-corrected chi connectivity index (χ0v) is 14.9. The number of benzene rings is 1. The number of aryl methyl sites for hydroxylation is 1. The van der Waals surface area contributed by atoms with Crippen molar-refractivity contribution in [2.45, 2.75) is 52.7 Å². The second-order valence-corrected chi connectivity index (χ2v) is 6.75. The number of amides is 1. The van der Waals surface area contributed by atoms with Crippen molar-refractivity contribution in [3.05, 3.63) is 52.3 Å². The Morgan fingerprint density at radius 1 is 1.24 bits per heavy atom. The van der Waals surface area contributed by atoms with E-state index in [9.17, 15) is 9.59 Å². The SMILES string of the molecule is Cc1c(C(=O)NCc2ccc(OC(C)C)cc2)[nH]c2c1C(=O)CCC2. The molecule has 2 N–H and O–H groups in total. The highest BCUT2D eigenvalue weighted by atomic mass is 16.5. The zero-order valence-electron chi connectivity index (χ0n) is 14.9. The van der Waals surface area contributed by atoms with Gasteiger partial charge in [-0.15, -0.1) is 0 Å². The lowest BCUT2D eigenvalue weighted by Crippen LogP contribution is -2.24. The molecule has 1 aliphatic carbocycles. The molecule has 1 amide bonds. The van der Waals surface area contributed by atoms with E-state index in [0.29, 0.717) is 24.2 Å². The Balaban J connectivity index is 1.66. The summed E-state index contributed by atoms with van der Waals surface area (Å²) in [5.74, 6) is 0.772. The number of hydrogen-bond acceptors (Lipinski definition) is 3. The number of aromatic amines is 1. The molecular formula is C20H24N2O3. The van der Waals surface area contributed by atoms with Gasteiger partial charge in [0.15, 0.2) is 5.78 Å². The van der Waals surface area contributed by atoms with Crippen molar-refractivity contribution in [3.8, 4) is 5.75 Å². The number of ketones is 1. The van der Waals surface area contributed by atoms with Crippen molar-refractivity contribution in [3.63, 3.8) is 0 Å². The van der Waals surface area contributed by atoms with Crippen LogP contribution in [0.4, 0.5) is 0 Å². The third kappa shape index (κ3) is 3.76. The number of hydrogen-bond donors (Lipinski definition) is 2. The molecule has 5 heteroatoms. The lowest BCUT2D eigenvalue weighted by molar-refractivity contribution is 0.0945. The van der Waals surface area contributed by atoms with Gasteiger partial charge < -0.3 is 15.0 Å². The summed E-state index contributed by atoms with van der Waals surface area (Å²) >= 11 is 0. The molecule has 0 saturated carbocycles. The van der Waals surface area contributed by atoms with Crippen LogP contribution in [-0.2, 0) is 13.0 Å². The molecule has 1 aliphatic rings. The van der Waals surface area contributed by atoms with Gasteiger partial charge in [0.2, 0.25) is 0 Å². The van der Waals surface area contributed by atoms with Gasteiger partial charge in [-0.25, -0.2) is 0 Å². The minimum absolute atomic E-state index is 0.134. The smallest absolute Gasteiger partial charge is 0.268 e. The summed E-state index contributed by atoms with van der Waals surface area (Å²) in [5, 5.41) is 2.92. The van der Waals surface area contributed by atoms with Gasteiger partial charge in [-0.1, -0.05) is 12.1 Å². The average molecular weight is 340 g/mol. The lowest BCUT2D eigenvalue weighted by atomic mass is 9.94. The predicted octanol–water partition coefficient (Wildman–Crippen LogP) is 3.56. The van der Waals surface area contributed by atoms with Gasteiger partial charge in [0.05, 0.1) is 6.10 Å². The molecule has 0 unspecified atom stereocenters. The molecule has 1 aromatic heterocycles. The van der Waals surface area contributed by atoms with E-state index in [2.05, 4.69) is 10.3 Å². The van der Waals surface area contributed by atoms with Crippen LogP contribution in [-0.4, -0.2) is 22.8 Å². The van der Waals surface area contributed by atoms with Crippen LogP contribution >= 0.6 is 0 Å². The van der Waals surface area contributed by atoms with Crippen LogP contribution in [0.25, 0.3) is 0 Å². The zero-order chi connectivity index (χ0) is 18.0. The molecule has 0 spiro atoms. The molecule has 25 heavy (non-hydrogen) atoms. The fourth-order valence-electron chi connectivity index (χ4n) is 3.23. The van der Waals surface area contributed by atoms with Gasteiger partial charge in [0.1, 0.15) is 11.4 Å². The van der Waals surface area contributed by atoms with Crippen molar-refractivity contribution in [2.24, 2.45) is 0 Å². The van der Waals surface area contributed by atoms with Crippen LogP contribution in [0.15, 0.2) is 24.3 Å². The van der Waals surface area contributed by atoms with Crippen molar-refractivity contribution < 1.29 is 14.3 Å². The van der Waals surface area contributed by atoms with E-state index in [1.165, 1.54) is 0 Å². The Morgan fingerprint density at radius 3 is 2.60 bits per heavy atom. The molecule has 0 aliphatic heterocycles. The molecule has 132 valence electrons. The molecule has 0 bridgehead atoms. The van der Waals surface area contributed by atoms with E-state index in [1.807, 2.05) is 45.0 Å². The summed E-state index contributed by atoms with van der Waals surface area (Å²) in [6.45, 7) is 6.23. The molecule has 0 radical (unpaired) electrons. The molecule has 2 aromatic rings. The highest BCUT2D eigenvalue weighted by Gasteiger charge is 2.26. The summed E-state index contributed by atoms with van der Waals surface area (Å²) in [6, 6.07) is 7.68. The van der Waals surface area contributed by atoms with Crippen molar-refractivity contribution in [1.29, 1.82) is 0 Å². The quantitative estimate of drug-likeness (QED) is 0.874. The summed E-state index contributed by atoms with van der Waals surface area (Å²) in [5.41, 5.74) is 3.87. The van der Waals surface area contributed by atoms with E-state index < -0.39 is 0 Å². The number of ether oxygens (including phenoxy) is 1. The van der Waals surface area contributed by atoms with Crippen LogP contribution < -0.4 is 10.1 Å². The average Bonchev–Trinajstić information content (AvgIpc) is 2.92. The van der Waals surface area contributed by atoms with Gasteiger partial charge in [-0.2, -0.15) is 0 Å². The molecule has 5 nitrogen and oxygen atoms in total. The van der Waals surface area contributed by atoms with Crippen LogP contribution in [0.2, 0.25) is 0 Å². The maximum atomic E-state index is 12.5. The third-order valence-electron chi connectivity index (χ3n) is 4.41. The molecule has 1 aromatic carbocycles. The number of carbonyl (C=O) groups excluding carboxylic acids is 2. The Labute approximate surface area is 147 Å². The van der Waals surface area contributed by atoms with Crippen LogP contribution in [0.5, 0.6) is 5.75 Å². The maximum Gasteiger partial charge on any atom is 0.268 e. The molecule has 3 rings (SSSR count). The van der Waals surface area contributed by atoms with Crippen molar-refractivity contribution in [2.75, 3.05) is 0 Å². The number of Topliss-reactive ketones (excluding diaryl/α,β-unsaturated/α-hetero) is 1. The van der Waals surface area contributed by atoms with Gasteiger partial charge in [-0.3, -0.25) is 9.59 Å². The number of rotatable bonds is 5. The van der Waals surface area contributed by atoms with Crippen LogP contribution in [0.1, 0.15) is 64.4 Å². The number of aromatic nitrogens is 1. The topological polar surface area (TPSA) is 71.2 Å². The van der Waals surface area contributed by atoms with E-state index in [0.717, 1.165) is 35.4 Å². The van der Waals surface area contributed by atoms with E-state index in [-0.39, 0.29) is 17.8 Å². The monoisotopic (exact) mass is 340 g/mol. The van der Waals surface area contributed by atoms with Crippen molar-refractivity contribution in [1.82, 2.24) is 10.3 Å². The Kier molecular flexibility index (Phi) is 4.93. The highest BCUT2D eigenvalue weighted by Crippen LogP contribution is 2.26. The maximum absolute atomic E-state index is 12.5. The minimum Gasteiger partial charge on any atom is -0.491 e. The van der Waals surface area contributed by atoms with E-state index >= 15 is 0 Å². The molecule has 1 heterocycles. The highest BCUT2D eigenvalue weighted by molar-refractivity contribution is 6.04. The first-order chi connectivity index (χ1) is 12.0. The standard InChI is InChI=1S/C20H24N2O3/c1-12(2)25-15-9-7-14(8-10-15)11-21-20(24)19-13(3)18-16(22-19)5-4-6-17(18)23/h7-10,12,22H,4-6,11H2,1-3H3,(H,21,24). The second kappa shape index (κ2) is 7.13. The van der Waals surface area contributed by atoms with E-state index in [1.54, 1.807) is 0 Å². The lowest BCUT2D eigenvalue weighted by Gasteiger charge is -2.10. The van der Waals surface area contributed by atoms with Crippen LogP contribution in [0, 0.1) is 6.92 Å². The predicted molar refractivity (Wildman–Crippen MR) is 96.2 cm³/mol. The molecule has 0 atom stereocenters. The number of fused-ring (bicyclic) bond motifs is 1. The summed E-state index contributed by atoms with van der Waals surface area (Å²) < 4.78 is 5.61. The Bertz CT molecular complexity index is 788. The molecule has 0 fully saturated rings. The minimum atomic E-state index is -0.179. The van der Waals surface area contributed by atoms with Gasteiger partial charge in [0, 0.05) is 24.2 Å². The largest absolute Gasteiger partial charge is 0.491 e. The second-order valence-electron chi connectivity index (χ2n) is 6.75. The van der Waals surface area contributed by atoms with E-state index in [4.69, 9.17) is 4.74 Å². The van der Waals surface area contributed by atoms with Crippen molar-refractivity contribution >= 4 is 11.7 Å². The van der Waals surface area contributed by atoms with Gasteiger partial charge >= 0.3 is 0 Å². The number of carbonyl (C=O) groups is 2. The summed E-state index contributed by atoms with van der Waals surface area (Å²) in [4.78, 5) is 27.7. The van der Waals surface area contributed by atoms with Gasteiger partial charge in [0.25, 0.3) is 5.91 Å². The summed E-state index contributed by atoms with van der Waals surface area (Å²) in [6.07, 6.45) is 2.37. The third-order valence-corrected chi connectivity index (χ3v) is 4.41. The number of H-pyrrole nitrogens is 1. The van der Waals surface area contributed by atoms with Gasteiger partial charge in [-0.05, 0) is 56.9 Å². The fourth-order valence-corrected chi connectivity index (χ4v) is 3.23. The summed E-state index contributed by atoms with van der Waals surface area (Å²) in [7, 11) is 0. The fraction of sp³-hybridized carbons (Fsp3) is 0.400. The first kappa shape index (κ1) is 17.3. The Morgan fingerprint density at radius 2 is 1.96 bits per heavy atom.